The molecule has 0 aromatic rings. The molecule has 6 aliphatic rings. The Morgan fingerprint density at radius 2 is 0.380 bits per heavy atom. The standard InChI is InChI=1S/C11H22.C10H20.2C9H18O.C9H18.C8H16O.6C2H6/c1-11(2,3)10-8-6-4-5-7-9-10;1-10(2,3)9-7-5-4-6-8-9;1-9(2,3)8-4-6-10-7-5-8;1-9(2,3)8-5-4-6-10-7-8;1-9(2,3)8-6-4-5-7-8;1-8(2,3)7-4-5-9-6-7;6*1-2/h10H,4-9H2,1-3H3;9H,4-8H2,1-3H3;2*8H,4-7H2,1-3H3;8H,4-7H2,1-3H3;7H,4-6H2,1-3H3;6*1-2H3. The lowest BCUT2D eigenvalue weighted by atomic mass is 9.72. The molecule has 3 heteroatoms. The summed E-state index contributed by atoms with van der Waals surface area (Å²) in [5.74, 6) is 5.45. The van der Waals surface area contributed by atoms with Gasteiger partial charge in [0.05, 0.1) is 0 Å². The lowest BCUT2D eigenvalue weighted by Crippen LogP contribution is -2.29. The SMILES string of the molecule is CC.CC.CC.CC.CC.CC.CC(C)(C)C1CCCC1.CC(C)(C)C1CCCCC1.CC(C)(C)C1CCCCCC1.CC(C)(C)C1CCCOC1.CC(C)(C)C1CCOC1.CC(C)(C)C1CCOCC1. The molecule has 0 N–H and O–H groups in total. The van der Waals surface area contributed by atoms with Gasteiger partial charge in [-0.15, -0.1) is 0 Å². The Bertz CT molecular complexity index is 889. The van der Waals surface area contributed by atoms with Crippen LogP contribution < -0.4 is 0 Å². The molecule has 0 amide bonds. The van der Waals surface area contributed by atoms with Crippen molar-refractivity contribution in [3.05, 3.63) is 0 Å². The minimum Gasteiger partial charge on any atom is -0.381 e. The zero-order valence-electron chi connectivity index (χ0n) is 56.1. The number of hydrogen-bond donors (Lipinski definition) is 0. The summed E-state index contributed by atoms with van der Waals surface area (Å²) in [6.45, 7) is 72.0. The molecule has 0 aromatic heterocycles. The van der Waals surface area contributed by atoms with Crippen molar-refractivity contribution in [2.45, 2.75) is 336 Å². The van der Waals surface area contributed by atoms with E-state index in [1.165, 1.54) is 128 Å². The molecule has 0 aromatic carbocycles. The van der Waals surface area contributed by atoms with Crippen LogP contribution >= 0.6 is 0 Å². The van der Waals surface area contributed by atoms with Gasteiger partial charge in [0.15, 0.2) is 0 Å². The van der Waals surface area contributed by atoms with Crippen LogP contribution in [0.1, 0.15) is 336 Å². The second kappa shape index (κ2) is 48.3. The van der Waals surface area contributed by atoms with Crippen LogP contribution in [-0.4, -0.2) is 39.6 Å². The molecule has 71 heavy (non-hydrogen) atoms. The van der Waals surface area contributed by atoms with E-state index < -0.39 is 0 Å². The summed E-state index contributed by atoms with van der Waals surface area (Å²) < 4.78 is 16.0. The molecule has 6 fully saturated rings. The van der Waals surface area contributed by atoms with Crippen molar-refractivity contribution in [2.24, 2.45) is 68.0 Å². The summed E-state index contributed by atoms with van der Waals surface area (Å²) in [6.07, 6.45) is 28.5. The Labute approximate surface area is 456 Å². The zero-order chi connectivity index (χ0) is 57.0. The van der Waals surface area contributed by atoms with Crippen molar-refractivity contribution in [3.63, 3.8) is 0 Å². The fourth-order valence-electron chi connectivity index (χ4n) is 10.1. The molecule has 3 aliphatic carbocycles. The van der Waals surface area contributed by atoms with Crippen LogP contribution in [0.5, 0.6) is 0 Å². The monoisotopic (exact) mass is 1010 g/mol. The smallest absolute Gasteiger partial charge is 0.0500 e. The van der Waals surface area contributed by atoms with Crippen LogP contribution in [0.3, 0.4) is 0 Å². The average molecular weight is 1010 g/mol. The predicted molar refractivity (Wildman–Crippen MR) is 331 cm³/mol. The van der Waals surface area contributed by atoms with Gasteiger partial charge >= 0.3 is 0 Å². The van der Waals surface area contributed by atoms with E-state index in [9.17, 15) is 0 Å². The summed E-state index contributed by atoms with van der Waals surface area (Å²) in [7, 11) is 0. The van der Waals surface area contributed by atoms with Crippen LogP contribution in [0.15, 0.2) is 0 Å². The van der Waals surface area contributed by atoms with Gasteiger partial charge in [-0.25, -0.2) is 0 Å². The highest BCUT2D eigenvalue weighted by Crippen LogP contribution is 2.40. The number of ether oxygens (including phenoxy) is 3. The first-order valence-corrected chi connectivity index (χ1v) is 31.9. The summed E-state index contributed by atoms with van der Waals surface area (Å²) in [5, 5.41) is 0. The predicted octanol–water partition coefficient (Wildman–Crippen LogP) is 24.0. The first kappa shape index (κ1) is 82.2. The van der Waals surface area contributed by atoms with E-state index in [2.05, 4.69) is 125 Å². The molecule has 3 aliphatic heterocycles. The summed E-state index contributed by atoms with van der Waals surface area (Å²) in [6, 6.07) is 0. The fraction of sp³-hybridized carbons (Fsp3) is 1.00. The Morgan fingerprint density at radius 1 is 0.197 bits per heavy atom. The largest absolute Gasteiger partial charge is 0.381 e. The van der Waals surface area contributed by atoms with Gasteiger partial charge in [-0.2, -0.15) is 0 Å². The third-order valence-electron chi connectivity index (χ3n) is 15.5. The first-order valence-electron chi connectivity index (χ1n) is 31.9. The Hall–Kier alpha value is -0.120. The van der Waals surface area contributed by atoms with E-state index in [4.69, 9.17) is 14.2 Å². The maximum absolute atomic E-state index is 5.41. The van der Waals surface area contributed by atoms with Gasteiger partial charge in [0.25, 0.3) is 0 Å². The summed E-state index contributed by atoms with van der Waals surface area (Å²) in [4.78, 5) is 0. The molecule has 3 saturated carbocycles. The molecule has 438 valence electrons. The van der Waals surface area contributed by atoms with Crippen molar-refractivity contribution in [1.29, 1.82) is 0 Å². The molecule has 2 unspecified atom stereocenters. The van der Waals surface area contributed by atoms with Crippen LogP contribution in [0, 0.1) is 68.0 Å². The van der Waals surface area contributed by atoms with E-state index >= 15 is 0 Å². The molecule has 3 saturated heterocycles. The lowest BCUT2D eigenvalue weighted by molar-refractivity contribution is 0.0103. The van der Waals surface area contributed by atoms with Crippen LogP contribution in [-0.2, 0) is 14.2 Å². The Morgan fingerprint density at radius 3 is 0.563 bits per heavy atom. The normalized spacial score (nSPS) is 21.2. The second-order valence-electron chi connectivity index (χ2n) is 26.6. The average Bonchev–Trinajstić information content (AvgIpc) is 4.06. The van der Waals surface area contributed by atoms with Crippen molar-refractivity contribution in [3.8, 4) is 0 Å². The lowest BCUT2D eigenvalue weighted by Gasteiger charge is -2.33. The Kier molecular flexibility index (Phi) is 55.9. The first-order chi connectivity index (χ1) is 33.1. The summed E-state index contributed by atoms with van der Waals surface area (Å²) in [5.41, 5.74) is 3.10. The molecule has 2 atom stereocenters. The van der Waals surface area contributed by atoms with Gasteiger partial charge in [-0.1, -0.05) is 265 Å². The van der Waals surface area contributed by atoms with Gasteiger partial charge in [0, 0.05) is 39.6 Å². The molecular weight excluding hydrogens is 865 g/mol. The highest BCUT2D eigenvalue weighted by molar-refractivity contribution is 4.80. The molecule has 3 heterocycles. The summed E-state index contributed by atoms with van der Waals surface area (Å²) >= 11 is 0. The maximum Gasteiger partial charge on any atom is 0.0500 e. The highest BCUT2D eigenvalue weighted by atomic mass is 16.5. The van der Waals surface area contributed by atoms with E-state index in [0.29, 0.717) is 32.5 Å². The quantitative estimate of drug-likeness (QED) is 0.226. The third kappa shape index (κ3) is 46.9. The van der Waals surface area contributed by atoms with Gasteiger partial charge in [-0.3, -0.25) is 0 Å². The molecule has 6 rings (SSSR count). The molecule has 3 nitrogen and oxygen atoms in total. The number of hydrogen-bond acceptors (Lipinski definition) is 3. The van der Waals surface area contributed by atoms with Gasteiger partial charge in [0.2, 0.25) is 0 Å². The van der Waals surface area contributed by atoms with Crippen molar-refractivity contribution < 1.29 is 14.2 Å². The van der Waals surface area contributed by atoms with Gasteiger partial charge < -0.3 is 14.2 Å². The topological polar surface area (TPSA) is 27.7 Å². The van der Waals surface area contributed by atoms with Gasteiger partial charge in [0.1, 0.15) is 0 Å². The number of rotatable bonds is 0. The highest BCUT2D eigenvalue weighted by Gasteiger charge is 2.30. The van der Waals surface area contributed by atoms with Crippen molar-refractivity contribution in [1.82, 2.24) is 0 Å². The van der Waals surface area contributed by atoms with Crippen molar-refractivity contribution >= 4 is 0 Å². The van der Waals surface area contributed by atoms with Crippen LogP contribution in [0.4, 0.5) is 0 Å². The van der Waals surface area contributed by atoms with E-state index in [0.717, 1.165) is 75.1 Å². The molecule has 0 radical (unpaired) electrons. The third-order valence-corrected chi connectivity index (χ3v) is 15.5. The van der Waals surface area contributed by atoms with Crippen molar-refractivity contribution in [2.75, 3.05) is 39.6 Å². The zero-order valence-corrected chi connectivity index (χ0v) is 56.1. The maximum atomic E-state index is 5.41. The molecule has 0 spiro atoms. The van der Waals surface area contributed by atoms with Crippen LogP contribution in [0.25, 0.3) is 0 Å². The van der Waals surface area contributed by atoms with E-state index in [1.807, 2.05) is 83.1 Å². The molecular formula is C68H148O3. The second-order valence-corrected chi connectivity index (χ2v) is 26.6. The van der Waals surface area contributed by atoms with E-state index in [-0.39, 0.29) is 0 Å². The van der Waals surface area contributed by atoms with E-state index in [1.54, 1.807) is 0 Å². The minimum atomic E-state index is 0.445. The minimum absolute atomic E-state index is 0.445. The fourth-order valence-corrected chi connectivity index (χ4v) is 10.1. The van der Waals surface area contributed by atoms with Crippen LogP contribution in [0.2, 0.25) is 0 Å². The Balaban J connectivity index is -0.000000171. The van der Waals surface area contributed by atoms with Gasteiger partial charge in [-0.05, 0) is 139 Å². The molecule has 0 bridgehead atoms.